The monoisotopic (exact) mass is 230 g/mol. The molecule has 0 amide bonds. The summed E-state index contributed by atoms with van der Waals surface area (Å²) in [6, 6.07) is 0. The van der Waals surface area contributed by atoms with E-state index in [1.807, 2.05) is 0 Å². The zero-order chi connectivity index (χ0) is 12.4. The van der Waals surface area contributed by atoms with Crippen LogP contribution in [-0.2, 0) is 4.79 Å². The molecule has 1 N–H and O–H groups in total. The predicted octanol–water partition coefficient (Wildman–Crippen LogP) is 1.51. The first-order chi connectivity index (χ1) is 7.63. The van der Waals surface area contributed by atoms with Crippen LogP contribution in [0.25, 0.3) is 0 Å². The van der Waals surface area contributed by atoms with E-state index in [2.05, 4.69) is 30.6 Å². The molecule has 0 fully saturated rings. The van der Waals surface area contributed by atoms with Gasteiger partial charge in [-0.25, -0.2) is 0 Å². The van der Waals surface area contributed by atoms with Crippen LogP contribution in [0.5, 0.6) is 0 Å². The molecular formula is C12H26N2O2. The Hall–Kier alpha value is -0.610. The van der Waals surface area contributed by atoms with E-state index in [0.717, 1.165) is 39.1 Å². The second kappa shape index (κ2) is 9.60. The van der Waals surface area contributed by atoms with Gasteiger partial charge >= 0.3 is 5.97 Å². The molecule has 0 heterocycles. The Morgan fingerprint density at radius 3 is 1.88 bits per heavy atom. The minimum atomic E-state index is -0.706. The molecular weight excluding hydrogens is 204 g/mol. The van der Waals surface area contributed by atoms with Gasteiger partial charge in [0.2, 0.25) is 0 Å². The van der Waals surface area contributed by atoms with Gasteiger partial charge in [-0.3, -0.25) is 4.79 Å². The molecule has 0 unspecified atom stereocenters. The molecule has 0 aromatic carbocycles. The molecule has 96 valence electrons. The van der Waals surface area contributed by atoms with E-state index < -0.39 is 5.97 Å². The van der Waals surface area contributed by atoms with Crippen LogP contribution in [0.3, 0.4) is 0 Å². The summed E-state index contributed by atoms with van der Waals surface area (Å²) in [6.45, 7) is 12.3. The van der Waals surface area contributed by atoms with Gasteiger partial charge in [0, 0.05) is 6.54 Å². The summed E-state index contributed by atoms with van der Waals surface area (Å²) in [5.41, 5.74) is 0. The SMILES string of the molecule is CCN(CC)CCCN(CC)CCC(=O)O. The van der Waals surface area contributed by atoms with Crippen molar-refractivity contribution in [1.82, 2.24) is 9.80 Å². The number of carboxylic acid groups (broad SMARTS) is 1. The van der Waals surface area contributed by atoms with Crippen LogP contribution in [0, 0.1) is 0 Å². The molecule has 0 atom stereocenters. The van der Waals surface area contributed by atoms with Gasteiger partial charge in [-0.15, -0.1) is 0 Å². The van der Waals surface area contributed by atoms with E-state index in [1.165, 1.54) is 0 Å². The smallest absolute Gasteiger partial charge is 0.304 e. The molecule has 16 heavy (non-hydrogen) atoms. The van der Waals surface area contributed by atoms with Crippen LogP contribution in [0.2, 0.25) is 0 Å². The summed E-state index contributed by atoms with van der Waals surface area (Å²) < 4.78 is 0. The van der Waals surface area contributed by atoms with Crippen LogP contribution in [-0.4, -0.2) is 60.1 Å². The standard InChI is InChI=1S/C12H26N2O2/c1-4-13(5-2)9-7-10-14(6-3)11-8-12(15)16/h4-11H2,1-3H3,(H,15,16). The van der Waals surface area contributed by atoms with Crippen molar-refractivity contribution in [2.24, 2.45) is 0 Å². The normalized spacial score (nSPS) is 11.3. The molecule has 0 spiro atoms. The van der Waals surface area contributed by atoms with E-state index in [9.17, 15) is 4.79 Å². The highest BCUT2D eigenvalue weighted by molar-refractivity contribution is 5.66. The zero-order valence-corrected chi connectivity index (χ0v) is 10.9. The van der Waals surface area contributed by atoms with Gasteiger partial charge in [-0.2, -0.15) is 0 Å². The molecule has 0 aromatic heterocycles. The van der Waals surface area contributed by atoms with Crippen LogP contribution in [0.15, 0.2) is 0 Å². The molecule has 0 radical (unpaired) electrons. The molecule has 0 aliphatic rings. The van der Waals surface area contributed by atoms with Gasteiger partial charge in [0.1, 0.15) is 0 Å². The first-order valence-electron chi connectivity index (χ1n) is 6.30. The summed E-state index contributed by atoms with van der Waals surface area (Å²) in [5.74, 6) is -0.706. The number of nitrogens with zero attached hydrogens (tertiary/aromatic N) is 2. The third-order valence-corrected chi connectivity index (χ3v) is 2.93. The highest BCUT2D eigenvalue weighted by Gasteiger charge is 2.06. The van der Waals surface area contributed by atoms with Crippen molar-refractivity contribution in [2.75, 3.05) is 39.3 Å². The van der Waals surface area contributed by atoms with E-state index in [1.54, 1.807) is 0 Å². The van der Waals surface area contributed by atoms with Gasteiger partial charge < -0.3 is 14.9 Å². The number of carbonyl (C=O) groups is 1. The first kappa shape index (κ1) is 15.4. The quantitative estimate of drug-likeness (QED) is 0.618. The van der Waals surface area contributed by atoms with Gasteiger partial charge in [0.25, 0.3) is 0 Å². The Labute approximate surface area is 99.2 Å². The van der Waals surface area contributed by atoms with Crippen LogP contribution in [0.1, 0.15) is 33.6 Å². The Bertz CT molecular complexity index is 182. The van der Waals surface area contributed by atoms with Crippen molar-refractivity contribution in [3.8, 4) is 0 Å². The number of carboxylic acids is 1. The fourth-order valence-corrected chi connectivity index (χ4v) is 1.74. The van der Waals surface area contributed by atoms with E-state index in [-0.39, 0.29) is 6.42 Å². The highest BCUT2D eigenvalue weighted by atomic mass is 16.4. The van der Waals surface area contributed by atoms with Crippen molar-refractivity contribution in [1.29, 1.82) is 0 Å². The van der Waals surface area contributed by atoms with E-state index >= 15 is 0 Å². The summed E-state index contributed by atoms with van der Waals surface area (Å²) in [6.07, 6.45) is 1.37. The lowest BCUT2D eigenvalue weighted by Crippen LogP contribution is -2.31. The van der Waals surface area contributed by atoms with Gasteiger partial charge in [-0.05, 0) is 39.1 Å². The molecule has 0 saturated carbocycles. The molecule has 0 aliphatic heterocycles. The van der Waals surface area contributed by atoms with E-state index in [0.29, 0.717) is 6.54 Å². The van der Waals surface area contributed by atoms with Crippen molar-refractivity contribution in [2.45, 2.75) is 33.6 Å². The Kier molecular flexibility index (Phi) is 9.24. The zero-order valence-electron chi connectivity index (χ0n) is 10.9. The Morgan fingerprint density at radius 1 is 0.938 bits per heavy atom. The second-order valence-electron chi connectivity index (χ2n) is 3.96. The summed E-state index contributed by atoms with van der Waals surface area (Å²) in [7, 11) is 0. The third-order valence-electron chi connectivity index (χ3n) is 2.93. The fraction of sp³-hybridized carbons (Fsp3) is 0.917. The average molecular weight is 230 g/mol. The Balaban J connectivity index is 3.65. The van der Waals surface area contributed by atoms with E-state index in [4.69, 9.17) is 5.11 Å². The number of hydrogen-bond acceptors (Lipinski definition) is 3. The summed E-state index contributed by atoms with van der Waals surface area (Å²) in [5, 5.41) is 8.61. The molecule has 0 saturated heterocycles. The number of aliphatic carboxylic acids is 1. The number of hydrogen-bond donors (Lipinski definition) is 1. The fourth-order valence-electron chi connectivity index (χ4n) is 1.74. The number of rotatable bonds is 10. The van der Waals surface area contributed by atoms with Crippen LogP contribution < -0.4 is 0 Å². The minimum Gasteiger partial charge on any atom is -0.481 e. The van der Waals surface area contributed by atoms with Crippen molar-refractivity contribution < 1.29 is 9.90 Å². The molecule has 0 aromatic rings. The lowest BCUT2D eigenvalue weighted by atomic mass is 10.3. The van der Waals surface area contributed by atoms with Gasteiger partial charge in [0.05, 0.1) is 6.42 Å². The van der Waals surface area contributed by atoms with Crippen molar-refractivity contribution in [3.05, 3.63) is 0 Å². The first-order valence-corrected chi connectivity index (χ1v) is 6.30. The molecule has 4 nitrogen and oxygen atoms in total. The van der Waals surface area contributed by atoms with Crippen molar-refractivity contribution in [3.63, 3.8) is 0 Å². The predicted molar refractivity (Wildman–Crippen MR) is 66.8 cm³/mol. The topological polar surface area (TPSA) is 43.8 Å². The van der Waals surface area contributed by atoms with Gasteiger partial charge in [0.15, 0.2) is 0 Å². The van der Waals surface area contributed by atoms with Crippen molar-refractivity contribution >= 4 is 5.97 Å². The average Bonchev–Trinajstić information content (AvgIpc) is 2.28. The maximum Gasteiger partial charge on any atom is 0.304 e. The summed E-state index contributed by atoms with van der Waals surface area (Å²) >= 11 is 0. The Morgan fingerprint density at radius 2 is 1.44 bits per heavy atom. The maximum absolute atomic E-state index is 10.5. The third kappa shape index (κ3) is 7.65. The highest BCUT2D eigenvalue weighted by Crippen LogP contribution is 1.97. The molecule has 0 aliphatic carbocycles. The lowest BCUT2D eigenvalue weighted by molar-refractivity contribution is -0.137. The lowest BCUT2D eigenvalue weighted by Gasteiger charge is -2.22. The molecule has 0 bridgehead atoms. The minimum absolute atomic E-state index is 0.249. The maximum atomic E-state index is 10.5. The van der Waals surface area contributed by atoms with Crippen LogP contribution >= 0.6 is 0 Å². The van der Waals surface area contributed by atoms with Gasteiger partial charge in [-0.1, -0.05) is 20.8 Å². The largest absolute Gasteiger partial charge is 0.481 e. The molecule has 4 heteroatoms. The molecule has 0 rings (SSSR count). The second-order valence-corrected chi connectivity index (χ2v) is 3.96. The van der Waals surface area contributed by atoms with Crippen LogP contribution in [0.4, 0.5) is 0 Å². The summed E-state index contributed by atoms with van der Waals surface area (Å²) in [4.78, 5) is 15.1.